The zero-order valence-electron chi connectivity index (χ0n) is 8.67. The van der Waals surface area contributed by atoms with Gasteiger partial charge in [-0.15, -0.1) is 0 Å². The van der Waals surface area contributed by atoms with Crippen molar-refractivity contribution in [2.75, 3.05) is 5.33 Å². The zero-order valence-corrected chi connectivity index (χ0v) is 10.3. The van der Waals surface area contributed by atoms with E-state index in [-0.39, 0.29) is 17.5 Å². The van der Waals surface area contributed by atoms with Gasteiger partial charge in [0, 0.05) is 5.33 Å². The highest BCUT2D eigenvalue weighted by Crippen LogP contribution is 2.39. The number of halogens is 2. The van der Waals surface area contributed by atoms with Crippen LogP contribution < -0.4 is 0 Å². The highest BCUT2D eigenvalue weighted by atomic mass is 79.9. The van der Waals surface area contributed by atoms with Crippen LogP contribution in [0.3, 0.4) is 0 Å². The molecule has 1 aliphatic heterocycles. The molecule has 1 heterocycles. The topological polar surface area (TPSA) is 9.23 Å². The number of ether oxygens (including phenoxy) is 1. The number of hydrogen-bond acceptors (Lipinski definition) is 1. The van der Waals surface area contributed by atoms with Gasteiger partial charge in [0.2, 0.25) is 0 Å². The molecule has 0 radical (unpaired) electrons. The summed E-state index contributed by atoms with van der Waals surface area (Å²) in [6, 6.07) is 6.61. The SMILES string of the molecule is CC1(c2ccc(F)cc2)CCC(CBr)O1. The Morgan fingerprint density at radius 3 is 2.67 bits per heavy atom. The van der Waals surface area contributed by atoms with E-state index in [1.54, 1.807) is 0 Å². The van der Waals surface area contributed by atoms with Crippen LogP contribution in [0.4, 0.5) is 4.39 Å². The fraction of sp³-hybridized carbons (Fsp3) is 0.500. The lowest BCUT2D eigenvalue weighted by Gasteiger charge is -2.25. The molecule has 0 bridgehead atoms. The molecule has 82 valence electrons. The van der Waals surface area contributed by atoms with Crippen molar-refractivity contribution in [3.63, 3.8) is 0 Å². The number of hydrogen-bond donors (Lipinski definition) is 0. The molecule has 0 N–H and O–H groups in total. The van der Waals surface area contributed by atoms with Crippen LogP contribution in [0.25, 0.3) is 0 Å². The Labute approximate surface area is 97.8 Å². The third kappa shape index (κ3) is 2.23. The molecule has 1 aromatic carbocycles. The Bertz CT molecular complexity index is 338. The third-order valence-electron chi connectivity index (χ3n) is 3.00. The zero-order chi connectivity index (χ0) is 10.9. The van der Waals surface area contributed by atoms with Gasteiger partial charge >= 0.3 is 0 Å². The maximum atomic E-state index is 12.8. The van der Waals surface area contributed by atoms with Gasteiger partial charge in [-0.25, -0.2) is 4.39 Å². The standard InChI is InChI=1S/C12H14BrFO/c1-12(7-6-11(8-13)15-12)9-2-4-10(14)5-3-9/h2-5,11H,6-8H2,1H3. The normalized spacial score (nSPS) is 30.7. The molecule has 2 rings (SSSR count). The van der Waals surface area contributed by atoms with Gasteiger partial charge in [-0.3, -0.25) is 0 Å². The van der Waals surface area contributed by atoms with E-state index < -0.39 is 0 Å². The summed E-state index contributed by atoms with van der Waals surface area (Å²) in [5.74, 6) is -0.197. The van der Waals surface area contributed by atoms with Gasteiger partial charge in [-0.1, -0.05) is 28.1 Å². The predicted octanol–water partition coefficient (Wildman–Crippen LogP) is 3.61. The largest absolute Gasteiger partial charge is 0.366 e. The Balaban J connectivity index is 2.20. The van der Waals surface area contributed by atoms with E-state index in [1.807, 2.05) is 12.1 Å². The van der Waals surface area contributed by atoms with Crippen molar-refractivity contribution in [1.29, 1.82) is 0 Å². The average molecular weight is 273 g/mol. The van der Waals surface area contributed by atoms with Crippen LogP contribution >= 0.6 is 15.9 Å². The first-order chi connectivity index (χ1) is 7.14. The molecule has 0 spiro atoms. The molecule has 1 aromatic rings. The van der Waals surface area contributed by atoms with Gasteiger partial charge in [0.15, 0.2) is 0 Å². The molecule has 1 fully saturated rings. The van der Waals surface area contributed by atoms with Gasteiger partial charge in [-0.2, -0.15) is 0 Å². The van der Waals surface area contributed by atoms with Crippen LogP contribution in [-0.2, 0) is 10.3 Å². The molecule has 0 aromatic heterocycles. The van der Waals surface area contributed by atoms with Crippen LogP contribution in [-0.4, -0.2) is 11.4 Å². The second-order valence-electron chi connectivity index (χ2n) is 4.17. The molecule has 0 aliphatic carbocycles. The van der Waals surface area contributed by atoms with Crippen molar-refractivity contribution >= 4 is 15.9 Å². The summed E-state index contributed by atoms with van der Waals surface area (Å²) in [4.78, 5) is 0. The summed E-state index contributed by atoms with van der Waals surface area (Å²) in [6.07, 6.45) is 2.33. The number of benzene rings is 1. The third-order valence-corrected chi connectivity index (χ3v) is 3.72. The van der Waals surface area contributed by atoms with Crippen LogP contribution in [0, 0.1) is 5.82 Å². The van der Waals surface area contributed by atoms with Crippen molar-refractivity contribution < 1.29 is 9.13 Å². The molecule has 1 aliphatic rings. The highest BCUT2D eigenvalue weighted by molar-refractivity contribution is 9.09. The smallest absolute Gasteiger partial charge is 0.123 e. The second kappa shape index (κ2) is 4.22. The van der Waals surface area contributed by atoms with Gasteiger partial charge in [0.25, 0.3) is 0 Å². The van der Waals surface area contributed by atoms with E-state index in [2.05, 4.69) is 22.9 Å². The van der Waals surface area contributed by atoms with Crippen LogP contribution in [0.5, 0.6) is 0 Å². The summed E-state index contributed by atoms with van der Waals surface area (Å²) in [7, 11) is 0. The molecule has 2 atom stereocenters. The Hall–Kier alpha value is -0.410. The maximum absolute atomic E-state index is 12.8. The van der Waals surface area contributed by atoms with E-state index >= 15 is 0 Å². The lowest BCUT2D eigenvalue weighted by molar-refractivity contribution is -0.0221. The van der Waals surface area contributed by atoms with Crippen molar-refractivity contribution in [2.45, 2.75) is 31.5 Å². The second-order valence-corrected chi connectivity index (χ2v) is 4.82. The fourth-order valence-corrected chi connectivity index (χ4v) is 2.50. The molecule has 1 saturated heterocycles. The monoisotopic (exact) mass is 272 g/mol. The van der Waals surface area contributed by atoms with E-state index in [4.69, 9.17) is 4.74 Å². The summed E-state index contributed by atoms with van der Waals surface area (Å²) in [5.41, 5.74) is 0.818. The highest BCUT2D eigenvalue weighted by Gasteiger charge is 2.36. The molecule has 0 amide bonds. The average Bonchev–Trinajstić information content (AvgIpc) is 2.62. The minimum absolute atomic E-state index is 0.197. The number of alkyl halides is 1. The van der Waals surface area contributed by atoms with E-state index in [9.17, 15) is 4.39 Å². The summed E-state index contributed by atoms with van der Waals surface area (Å²) < 4.78 is 18.7. The lowest BCUT2D eigenvalue weighted by Crippen LogP contribution is -2.22. The Kier molecular flexibility index (Phi) is 3.12. The predicted molar refractivity (Wildman–Crippen MR) is 61.7 cm³/mol. The van der Waals surface area contributed by atoms with Crippen LogP contribution in [0.15, 0.2) is 24.3 Å². The van der Waals surface area contributed by atoms with Crippen molar-refractivity contribution in [3.05, 3.63) is 35.6 Å². The summed E-state index contributed by atoms with van der Waals surface area (Å²) >= 11 is 3.43. The molecule has 2 unspecified atom stereocenters. The molecular formula is C12H14BrFO. The minimum Gasteiger partial charge on any atom is -0.366 e. The van der Waals surface area contributed by atoms with E-state index in [1.165, 1.54) is 12.1 Å². The van der Waals surface area contributed by atoms with Crippen molar-refractivity contribution in [1.82, 2.24) is 0 Å². The first-order valence-corrected chi connectivity index (χ1v) is 6.26. The van der Waals surface area contributed by atoms with Gasteiger partial charge in [0.05, 0.1) is 11.7 Å². The van der Waals surface area contributed by atoms with Crippen LogP contribution in [0.1, 0.15) is 25.3 Å². The summed E-state index contributed by atoms with van der Waals surface area (Å²) in [6.45, 7) is 2.07. The first kappa shape index (κ1) is 11.1. The van der Waals surface area contributed by atoms with Crippen molar-refractivity contribution in [3.8, 4) is 0 Å². The van der Waals surface area contributed by atoms with Gasteiger partial charge in [-0.05, 0) is 37.5 Å². The van der Waals surface area contributed by atoms with Crippen molar-refractivity contribution in [2.24, 2.45) is 0 Å². The minimum atomic E-state index is -0.244. The molecule has 15 heavy (non-hydrogen) atoms. The molecule has 1 nitrogen and oxygen atoms in total. The maximum Gasteiger partial charge on any atom is 0.123 e. The first-order valence-electron chi connectivity index (χ1n) is 5.14. The molecule has 0 saturated carbocycles. The lowest BCUT2D eigenvalue weighted by atomic mass is 9.93. The quantitative estimate of drug-likeness (QED) is 0.748. The summed E-state index contributed by atoms with van der Waals surface area (Å²) in [5, 5.41) is 0.865. The van der Waals surface area contributed by atoms with E-state index in [0.717, 1.165) is 23.7 Å². The van der Waals surface area contributed by atoms with Crippen LogP contribution in [0.2, 0.25) is 0 Å². The molecule has 3 heteroatoms. The Morgan fingerprint density at radius 2 is 2.13 bits per heavy atom. The fourth-order valence-electron chi connectivity index (χ4n) is 2.05. The molecular weight excluding hydrogens is 259 g/mol. The van der Waals surface area contributed by atoms with E-state index in [0.29, 0.717) is 0 Å². The van der Waals surface area contributed by atoms with Gasteiger partial charge < -0.3 is 4.74 Å². The number of rotatable bonds is 2. The Morgan fingerprint density at radius 1 is 1.47 bits per heavy atom. The van der Waals surface area contributed by atoms with Gasteiger partial charge in [0.1, 0.15) is 5.82 Å².